The molecular formula is C19H17N3O3S. The van der Waals surface area contributed by atoms with E-state index in [-0.39, 0.29) is 17.3 Å². The van der Waals surface area contributed by atoms with Gasteiger partial charge in [0.1, 0.15) is 5.25 Å². The van der Waals surface area contributed by atoms with Gasteiger partial charge in [-0.1, -0.05) is 24.3 Å². The van der Waals surface area contributed by atoms with E-state index in [1.807, 2.05) is 0 Å². The summed E-state index contributed by atoms with van der Waals surface area (Å²) in [6.45, 7) is -0.0654. The van der Waals surface area contributed by atoms with Gasteiger partial charge < -0.3 is 5.32 Å². The van der Waals surface area contributed by atoms with Crippen molar-refractivity contribution in [3.63, 3.8) is 0 Å². The molecule has 2 heterocycles. The monoisotopic (exact) mass is 367 g/mol. The predicted molar refractivity (Wildman–Crippen MR) is 97.2 cm³/mol. The molecule has 0 aliphatic rings. The second-order valence-electron chi connectivity index (χ2n) is 5.58. The maximum absolute atomic E-state index is 13.1. The molecule has 1 amide bonds. The standard InChI is InChI=1S/C19H17N3O3S/c23-19(15-8-11-20-12-9-15)22-14-18(16-5-4-10-21-13-16)26(24,25)17-6-2-1-3-7-17/h1-13,18H,14H2,(H,22,23). The Morgan fingerprint density at radius 2 is 1.65 bits per heavy atom. The number of benzene rings is 1. The Kier molecular flexibility index (Phi) is 5.38. The highest BCUT2D eigenvalue weighted by molar-refractivity contribution is 7.91. The summed E-state index contributed by atoms with van der Waals surface area (Å²) in [5.41, 5.74) is 0.938. The largest absolute Gasteiger partial charge is 0.350 e. The quantitative estimate of drug-likeness (QED) is 0.723. The SMILES string of the molecule is O=C(NCC(c1cccnc1)S(=O)(=O)c1ccccc1)c1ccncc1. The lowest BCUT2D eigenvalue weighted by Gasteiger charge is -2.18. The Bertz CT molecular complexity index is 963. The van der Waals surface area contributed by atoms with E-state index in [9.17, 15) is 13.2 Å². The molecule has 0 spiro atoms. The molecule has 0 radical (unpaired) electrons. The number of hydrogen-bond donors (Lipinski definition) is 1. The van der Waals surface area contributed by atoms with Crippen LogP contribution in [0.3, 0.4) is 0 Å². The fourth-order valence-corrected chi connectivity index (χ4v) is 4.20. The van der Waals surface area contributed by atoms with E-state index in [1.165, 1.54) is 18.6 Å². The summed E-state index contributed by atoms with van der Waals surface area (Å²) in [6, 6.07) is 14.7. The molecule has 0 bridgehead atoms. The van der Waals surface area contributed by atoms with Crippen molar-refractivity contribution >= 4 is 15.7 Å². The zero-order valence-electron chi connectivity index (χ0n) is 13.8. The fourth-order valence-electron chi connectivity index (χ4n) is 2.54. The number of amides is 1. The zero-order valence-corrected chi connectivity index (χ0v) is 14.6. The third-order valence-corrected chi connectivity index (χ3v) is 6.01. The molecule has 2 aromatic heterocycles. The van der Waals surface area contributed by atoms with Crippen molar-refractivity contribution in [2.24, 2.45) is 0 Å². The van der Waals surface area contributed by atoms with Gasteiger partial charge in [-0.05, 0) is 35.9 Å². The van der Waals surface area contributed by atoms with Gasteiger partial charge in [-0.3, -0.25) is 14.8 Å². The average molecular weight is 367 g/mol. The first-order chi connectivity index (χ1) is 12.6. The molecule has 0 saturated carbocycles. The molecule has 0 fully saturated rings. The number of carbonyl (C=O) groups excluding carboxylic acids is 1. The Labute approximate surface area is 151 Å². The van der Waals surface area contributed by atoms with Crippen LogP contribution in [0.15, 0.2) is 84.3 Å². The third kappa shape index (κ3) is 3.94. The van der Waals surface area contributed by atoms with Crippen LogP contribution >= 0.6 is 0 Å². The van der Waals surface area contributed by atoms with E-state index in [0.717, 1.165) is 0 Å². The van der Waals surface area contributed by atoms with Crippen LogP contribution < -0.4 is 5.32 Å². The number of hydrogen-bond acceptors (Lipinski definition) is 5. The van der Waals surface area contributed by atoms with Crippen LogP contribution in [0.4, 0.5) is 0 Å². The highest BCUT2D eigenvalue weighted by Crippen LogP contribution is 2.28. The second kappa shape index (κ2) is 7.88. The van der Waals surface area contributed by atoms with Crippen LogP contribution in [0.25, 0.3) is 0 Å². The Hall–Kier alpha value is -3.06. The minimum atomic E-state index is -3.70. The van der Waals surface area contributed by atoms with E-state index >= 15 is 0 Å². The Morgan fingerprint density at radius 3 is 2.31 bits per heavy atom. The fraction of sp³-hybridized carbons (Fsp3) is 0.105. The van der Waals surface area contributed by atoms with E-state index in [4.69, 9.17) is 0 Å². The first-order valence-corrected chi connectivity index (χ1v) is 9.51. The molecule has 1 atom stereocenters. The summed E-state index contributed by atoms with van der Waals surface area (Å²) in [4.78, 5) is 20.4. The Morgan fingerprint density at radius 1 is 0.923 bits per heavy atom. The van der Waals surface area contributed by atoms with Crippen LogP contribution in [-0.4, -0.2) is 30.8 Å². The maximum atomic E-state index is 13.1. The molecule has 0 aliphatic heterocycles. The van der Waals surface area contributed by atoms with Gasteiger partial charge in [0.05, 0.1) is 4.90 Å². The molecule has 3 aromatic rings. The van der Waals surface area contributed by atoms with Crippen molar-refractivity contribution in [3.8, 4) is 0 Å². The topological polar surface area (TPSA) is 89.0 Å². The first kappa shape index (κ1) is 17.8. The van der Waals surface area contributed by atoms with Crippen molar-refractivity contribution in [2.75, 3.05) is 6.54 Å². The van der Waals surface area contributed by atoms with Gasteiger partial charge in [-0.25, -0.2) is 8.42 Å². The molecule has 132 valence electrons. The van der Waals surface area contributed by atoms with E-state index in [2.05, 4.69) is 15.3 Å². The van der Waals surface area contributed by atoms with E-state index in [0.29, 0.717) is 11.1 Å². The zero-order chi connectivity index (χ0) is 18.4. The minimum Gasteiger partial charge on any atom is -0.350 e. The third-order valence-electron chi connectivity index (χ3n) is 3.89. The average Bonchev–Trinajstić information content (AvgIpc) is 2.70. The van der Waals surface area contributed by atoms with Gasteiger partial charge >= 0.3 is 0 Å². The predicted octanol–water partition coefficient (Wildman–Crippen LogP) is 2.42. The number of carbonyl (C=O) groups is 1. The molecule has 7 heteroatoms. The lowest BCUT2D eigenvalue weighted by molar-refractivity contribution is 0.0953. The van der Waals surface area contributed by atoms with Gasteiger partial charge in [0.2, 0.25) is 0 Å². The van der Waals surface area contributed by atoms with Gasteiger partial charge in [0, 0.05) is 36.9 Å². The molecule has 3 rings (SSSR count). The number of nitrogens with zero attached hydrogens (tertiary/aromatic N) is 2. The van der Waals surface area contributed by atoms with Crippen LogP contribution in [0.2, 0.25) is 0 Å². The van der Waals surface area contributed by atoms with Gasteiger partial charge in [0.25, 0.3) is 5.91 Å². The highest BCUT2D eigenvalue weighted by Gasteiger charge is 2.29. The molecule has 1 N–H and O–H groups in total. The summed E-state index contributed by atoms with van der Waals surface area (Å²) in [5.74, 6) is -0.357. The minimum absolute atomic E-state index is 0.0654. The number of nitrogens with one attached hydrogen (secondary N) is 1. The molecule has 0 saturated heterocycles. The van der Waals surface area contributed by atoms with Crippen molar-refractivity contribution in [3.05, 3.63) is 90.5 Å². The Balaban J connectivity index is 1.89. The van der Waals surface area contributed by atoms with Crippen LogP contribution in [0, 0.1) is 0 Å². The molecular weight excluding hydrogens is 350 g/mol. The summed E-state index contributed by atoms with van der Waals surface area (Å²) in [5, 5.41) is 1.76. The van der Waals surface area contributed by atoms with Crippen molar-refractivity contribution in [1.29, 1.82) is 0 Å². The van der Waals surface area contributed by atoms with Crippen LogP contribution in [-0.2, 0) is 9.84 Å². The number of sulfone groups is 1. The van der Waals surface area contributed by atoms with Crippen molar-refractivity contribution < 1.29 is 13.2 Å². The van der Waals surface area contributed by atoms with Gasteiger partial charge in [-0.2, -0.15) is 0 Å². The van der Waals surface area contributed by atoms with Gasteiger partial charge in [0.15, 0.2) is 9.84 Å². The van der Waals surface area contributed by atoms with Crippen LogP contribution in [0.1, 0.15) is 21.2 Å². The first-order valence-electron chi connectivity index (χ1n) is 7.96. The van der Waals surface area contributed by atoms with E-state index in [1.54, 1.807) is 60.8 Å². The summed E-state index contributed by atoms with van der Waals surface area (Å²) < 4.78 is 26.2. The number of pyridine rings is 2. The summed E-state index contributed by atoms with van der Waals surface area (Å²) >= 11 is 0. The molecule has 6 nitrogen and oxygen atoms in total. The smallest absolute Gasteiger partial charge is 0.251 e. The van der Waals surface area contributed by atoms with Gasteiger partial charge in [-0.15, -0.1) is 0 Å². The molecule has 26 heavy (non-hydrogen) atoms. The number of rotatable bonds is 6. The van der Waals surface area contributed by atoms with Crippen molar-refractivity contribution in [1.82, 2.24) is 15.3 Å². The van der Waals surface area contributed by atoms with Crippen molar-refractivity contribution in [2.45, 2.75) is 10.1 Å². The summed E-state index contributed by atoms with van der Waals surface area (Å²) in [7, 11) is -3.70. The molecule has 1 unspecified atom stereocenters. The second-order valence-corrected chi connectivity index (χ2v) is 7.71. The molecule has 1 aromatic carbocycles. The number of aromatic nitrogens is 2. The lowest BCUT2D eigenvalue weighted by atomic mass is 10.2. The summed E-state index contributed by atoms with van der Waals surface area (Å²) in [6.07, 6.45) is 6.09. The normalized spacial score (nSPS) is 12.3. The highest BCUT2D eigenvalue weighted by atomic mass is 32.2. The molecule has 0 aliphatic carbocycles. The lowest BCUT2D eigenvalue weighted by Crippen LogP contribution is -2.32. The maximum Gasteiger partial charge on any atom is 0.251 e. The van der Waals surface area contributed by atoms with E-state index < -0.39 is 15.1 Å². The van der Waals surface area contributed by atoms with Crippen LogP contribution in [0.5, 0.6) is 0 Å².